The van der Waals surface area contributed by atoms with Crippen molar-refractivity contribution in [2.45, 2.75) is 6.42 Å². The van der Waals surface area contributed by atoms with Gasteiger partial charge in [0.05, 0.1) is 0 Å². The van der Waals surface area contributed by atoms with Crippen molar-refractivity contribution in [1.29, 1.82) is 0 Å². The van der Waals surface area contributed by atoms with E-state index in [0.717, 1.165) is 0 Å². The Morgan fingerprint density at radius 3 is 2.64 bits per heavy atom. The monoisotopic (exact) mass is 307 g/mol. The number of hydrogen-bond acceptors (Lipinski definition) is 1. The third-order valence-corrected chi connectivity index (χ3v) is 6.61. The summed E-state index contributed by atoms with van der Waals surface area (Å²) in [7, 11) is 2.03. The fraction of sp³-hybridized carbons (Fsp3) is 0.500. The molecule has 82 valence electrons. The number of allylic oxidation sites excluding steroid dienone is 5. The van der Waals surface area contributed by atoms with E-state index in [1.807, 2.05) is 19.2 Å². The van der Waals surface area contributed by atoms with Crippen molar-refractivity contribution in [2.75, 3.05) is 27.4 Å². The number of alkyl halides is 3. The molecule has 0 unspecified atom stereocenters. The zero-order valence-electron chi connectivity index (χ0n) is 9.30. The average Bonchev–Trinajstić information content (AvgIpc) is 2.20. The Hall–Kier alpha value is -0.0900. The molecule has 14 heavy (non-hydrogen) atoms. The van der Waals surface area contributed by atoms with Crippen molar-refractivity contribution in [3.05, 3.63) is 37.0 Å². The van der Waals surface area contributed by atoms with Crippen LogP contribution in [0.15, 0.2) is 37.0 Å². The predicted octanol–water partition coefficient (Wildman–Crippen LogP) is 3.03. The van der Waals surface area contributed by atoms with Gasteiger partial charge in [-0.1, -0.05) is 0 Å². The maximum atomic E-state index is 3.62. The number of rotatable bonds is 8. The van der Waals surface area contributed by atoms with Gasteiger partial charge in [-0.15, -0.1) is 0 Å². The van der Waals surface area contributed by atoms with E-state index in [0.29, 0.717) is 0 Å². The van der Waals surface area contributed by atoms with Crippen molar-refractivity contribution in [1.82, 2.24) is 5.32 Å². The molecule has 0 rings (SSSR count). The van der Waals surface area contributed by atoms with Crippen LogP contribution in [0.2, 0.25) is 0 Å². The van der Waals surface area contributed by atoms with Crippen LogP contribution in [0.5, 0.6) is 0 Å². The molecule has 0 aromatic carbocycles. The predicted molar refractivity (Wildman–Crippen MR) is 76.7 cm³/mol. The maximum absolute atomic E-state index is 3.62. The molecule has 0 radical (unpaired) electrons. The topological polar surface area (TPSA) is 12.0 Å². The molecule has 0 atom stereocenters. The Balaban J connectivity index is 3.38. The first-order valence-corrected chi connectivity index (χ1v) is 10.1. The van der Waals surface area contributed by atoms with Crippen LogP contribution in [-0.4, -0.2) is 27.4 Å². The van der Waals surface area contributed by atoms with Crippen molar-refractivity contribution < 1.29 is 0 Å². The minimum absolute atomic E-state index is 0.597. The third kappa shape index (κ3) is 9.99. The average molecular weight is 307 g/mol. The molecule has 0 saturated carbocycles. The second kappa shape index (κ2) is 11.0. The molecular weight excluding hydrogens is 285 g/mol. The van der Waals surface area contributed by atoms with E-state index < -0.39 is 19.8 Å². The summed E-state index contributed by atoms with van der Waals surface area (Å²) in [5.74, 6) is 0. The van der Waals surface area contributed by atoms with Crippen LogP contribution in [0.4, 0.5) is 0 Å². The SMILES string of the molecule is C=C/C=C\C=C/CCI(C)CCNC. The van der Waals surface area contributed by atoms with Crippen LogP contribution in [0.3, 0.4) is 0 Å². The van der Waals surface area contributed by atoms with Crippen molar-refractivity contribution >= 4 is 19.8 Å². The van der Waals surface area contributed by atoms with Gasteiger partial charge in [0.25, 0.3) is 0 Å². The van der Waals surface area contributed by atoms with Crippen LogP contribution < -0.4 is 5.32 Å². The summed E-state index contributed by atoms with van der Waals surface area (Å²) in [5.41, 5.74) is 0. The Kier molecular flexibility index (Phi) is 10.9. The molecule has 1 N–H and O–H groups in total. The van der Waals surface area contributed by atoms with Gasteiger partial charge in [0.2, 0.25) is 0 Å². The van der Waals surface area contributed by atoms with Gasteiger partial charge in [-0.25, -0.2) is 0 Å². The zero-order valence-corrected chi connectivity index (χ0v) is 11.5. The number of nitrogens with one attached hydrogen (secondary N) is 1. The summed E-state index contributed by atoms with van der Waals surface area (Å²) in [4.78, 5) is 2.47. The van der Waals surface area contributed by atoms with Gasteiger partial charge in [0.15, 0.2) is 0 Å². The number of hydrogen-bond donors (Lipinski definition) is 1. The van der Waals surface area contributed by atoms with Gasteiger partial charge in [0, 0.05) is 0 Å². The van der Waals surface area contributed by atoms with Gasteiger partial charge >= 0.3 is 95.9 Å². The quantitative estimate of drug-likeness (QED) is 0.413. The van der Waals surface area contributed by atoms with Crippen LogP contribution in [0.25, 0.3) is 0 Å². The van der Waals surface area contributed by atoms with E-state index in [1.165, 1.54) is 21.8 Å². The van der Waals surface area contributed by atoms with Gasteiger partial charge in [-0.05, 0) is 0 Å². The summed E-state index contributed by atoms with van der Waals surface area (Å²) in [6.45, 7) is 4.82. The van der Waals surface area contributed by atoms with Crippen LogP contribution >= 0.6 is 19.8 Å². The Morgan fingerprint density at radius 1 is 1.21 bits per heavy atom. The second-order valence-corrected chi connectivity index (χ2v) is 9.33. The molecular formula is C12H22IN. The van der Waals surface area contributed by atoms with Crippen LogP contribution in [0.1, 0.15) is 6.42 Å². The zero-order chi connectivity index (χ0) is 10.6. The van der Waals surface area contributed by atoms with E-state index in [-0.39, 0.29) is 0 Å². The van der Waals surface area contributed by atoms with E-state index >= 15 is 0 Å². The Morgan fingerprint density at radius 2 is 2.00 bits per heavy atom. The molecule has 0 aromatic rings. The summed E-state index contributed by atoms with van der Waals surface area (Å²) >= 11 is -0.597. The Bertz CT molecular complexity index is 185. The fourth-order valence-electron chi connectivity index (χ4n) is 0.917. The van der Waals surface area contributed by atoms with Gasteiger partial charge in [-0.2, -0.15) is 0 Å². The van der Waals surface area contributed by atoms with E-state index in [9.17, 15) is 0 Å². The molecule has 0 fully saturated rings. The molecule has 2 heteroatoms. The summed E-state index contributed by atoms with van der Waals surface area (Å²) in [6, 6.07) is 0. The summed E-state index contributed by atoms with van der Waals surface area (Å²) in [5, 5.41) is 3.22. The van der Waals surface area contributed by atoms with Crippen LogP contribution in [-0.2, 0) is 0 Å². The molecule has 1 nitrogen and oxygen atoms in total. The van der Waals surface area contributed by atoms with E-state index in [4.69, 9.17) is 0 Å². The van der Waals surface area contributed by atoms with Gasteiger partial charge in [0.1, 0.15) is 0 Å². The van der Waals surface area contributed by atoms with Crippen molar-refractivity contribution in [3.63, 3.8) is 0 Å². The fourth-order valence-corrected chi connectivity index (χ4v) is 4.34. The molecule has 0 saturated heterocycles. The molecule has 0 amide bonds. The molecule has 0 aliphatic rings. The summed E-state index contributed by atoms with van der Waals surface area (Å²) < 4.78 is 2.86. The minimum atomic E-state index is -0.597. The Labute approximate surface area is 95.7 Å². The first-order valence-electron chi connectivity index (χ1n) is 4.92. The van der Waals surface area contributed by atoms with Crippen LogP contribution in [0, 0.1) is 0 Å². The standard InChI is InChI=1S/C12H22IN/c1-4-5-6-7-8-9-10-13(2)11-12-14-3/h4-8,14H,1,9-12H2,2-3H3/b6-5-,8-7-. The van der Waals surface area contributed by atoms with Crippen molar-refractivity contribution in [2.24, 2.45) is 0 Å². The van der Waals surface area contributed by atoms with E-state index in [2.05, 4.69) is 29.0 Å². The molecule has 0 heterocycles. The van der Waals surface area contributed by atoms with E-state index in [1.54, 1.807) is 6.08 Å². The molecule has 0 aromatic heterocycles. The third-order valence-electron chi connectivity index (χ3n) is 1.76. The number of halogens is 1. The molecule has 0 spiro atoms. The molecule has 0 bridgehead atoms. The first kappa shape index (κ1) is 13.9. The summed E-state index contributed by atoms with van der Waals surface area (Å²) in [6.07, 6.45) is 11.4. The van der Waals surface area contributed by atoms with Gasteiger partial charge in [-0.3, -0.25) is 0 Å². The normalized spacial score (nSPS) is 12.6. The second-order valence-electron chi connectivity index (χ2n) is 3.04. The van der Waals surface area contributed by atoms with Gasteiger partial charge < -0.3 is 0 Å². The van der Waals surface area contributed by atoms with Crippen molar-refractivity contribution in [3.8, 4) is 0 Å². The molecule has 0 aliphatic carbocycles. The first-order chi connectivity index (χ1) is 6.81. The molecule has 0 aliphatic heterocycles.